The Morgan fingerprint density at radius 3 is 2.50 bits per heavy atom. The predicted molar refractivity (Wildman–Crippen MR) is 121 cm³/mol. The molecule has 30 heavy (non-hydrogen) atoms. The van der Waals surface area contributed by atoms with Gasteiger partial charge in [0.15, 0.2) is 0 Å². The van der Waals surface area contributed by atoms with Crippen molar-refractivity contribution < 1.29 is 4.79 Å². The molecule has 2 aromatic carbocycles. The summed E-state index contributed by atoms with van der Waals surface area (Å²) >= 11 is 0. The molecule has 1 fully saturated rings. The molecule has 2 atom stereocenters. The Bertz CT molecular complexity index is 1010. The van der Waals surface area contributed by atoms with Gasteiger partial charge >= 0.3 is 6.03 Å². The average molecular weight is 424 g/mol. The lowest BCUT2D eigenvalue weighted by Gasteiger charge is -2.21. The number of fused-ring (bicyclic) bond motifs is 1. The number of halogens is 1. The van der Waals surface area contributed by atoms with E-state index in [1.54, 1.807) is 0 Å². The number of aromatic nitrogens is 2. The lowest BCUT2D eigenvalue weighted by molar-refractivity contribution is 0.248. The third-order valence-corrected chi connectivity index (χ3v) is 5.90. The molecule has 1 aliphatic carbocycles. The molecule has 2 heterocycles. The third kappa shape index (κ3) is 3.93. The van der Waals surface area contributed by atoms with Crippen molar-refractivity contribution in [1.82, 2.24) is 20.4 Å². The maximum Gasteiger partial charge on any atom is 0.320 e. The molecule has 6 nitrogen and oxygen atoms in total. The Morgan fingerprint density at radius 2 is 1.73 bits per heavy atom. The molecule has 0 unspecified atom stereocenters. The highest BCUT2D eigenvalue weighted by molar-refractivity contribution is 5.90. The zero-order valence-corrected chi connectivity index (χ0v) is 17.5. The SMILES string of the molecule is Cl.O=C(Nc1c2c(nn1-c1ccccc1)CCC2)N[C@@H]1CNC[C@H]1c1ccccc1. The lowest BCUT2D eigenvalue weighted by Crippen LogP contribution is -2.42. The molecule has 1 aliphatic heterocycles. The van der Waals surface area contributed by atoms with Gasteiger partial charge in [-0.1, -0.05) is 48.5 Å². The Hall–Kier alpha value is -2.83. The fourth-order valence-electron chi connectivity index (χ4n) is 4.47. The minimum atomic E-state index is -0.175. The molecule has 7 heteroatoms. The number of amides is 2. The highest BCUT2D eigenvalue weighted by Gasteiger charge is 2.30. The summed E-state index contributed by atoms with van der Waals surface area (Å²) in [6.45, 7) is 1.63. The third-order valence-electron chi connectivity index (χ3n) is 5.90. The molecular formula is C23H26ClN5O. The molecular weight excluding hydrogens is 398 g/mol. The van der Waals surface area contributed by atoms with Gasteiger partial charge in [-0.3, -0.25) is 5.32 Å². The first-order valence-corrected chi connectivity index (χ1v) is 10.3. The van der Waals surface area contributed by atoms with Crippen molar-refractivity contribution in [2.24, 2.45) is 0 Å². The van der Waals surface area contributed by atoms with Gasteiger partial charge in [-0.15, -0.1) is 12.4 Å². The van der Waals surface area contributed by atoms with Crippen LogP contribution in [0.2, 0.25) is 0 Å². The molecule has 0 saturated carbocycles. The van der Waals surface area contributed by atoms with Crippen molar-refractivity contribution in [1.29, 1.82) is 0 Å². The van der Waals surface area contributed by atoms with E-state index in [9.17, 15) is 4.79 Å². The van der Waals surface area contributed by atoms with Crippen molar-refractivity contribution in [2.75, 3.05) is 18.4 Å². The van der Waals surface area contributed by atoms with Crippen molar-refractivity contribution in [2.45, 2.75) is 31.2 Å². The van der Waals surface area contributed by atoms with Crippen LogP contribution in [0.5, 0.6) is 0 Å². The molecule has 0 radical (unpaired) electrons. The van der Waals surface area contributed by atoms with Gasteiger partial charge in [0.05, 0.1) is 17.4 Å². The summed E-state index contributed by atoms with van der Waals surface area (Å²) in [7, 11) is 0. The van der Waals surface area contributed by atoms with Crippen LogP contribution in [0.15, 0.2) is 60.7 Å². The van der Waals surface area contributed by atoms with Gasteiger partial charge in [-0.2, -0.15) is 5.10 Å². The minimum Gasteiger partial charge on any atom is -0.333 e. The van der Waals surface area contributed by atoms with Gasteiger partial charge in [0.2, 0.25) is 0 Å². The van der Waals surface area contributed by atoms with Crippen LogP contribution in [-0.4, -0.2) is 34.9 Å². The largest absolute Gasteiger partial charge is 0.333 e. The summed E-state index contributed by atoms with van der Waals surface area (Å²) in [5.74, 6) is 1.06. The van der Waals surface area contributed by atoms with Crippen molar-refractivity contribution in [3.8, 4) is 5.69 Å². The molecule has 1 aromatic heterocycles. The van der Waals surface area contributed by atoms with Gasteiger partial charge in [-0.25, -0.2) is 9.48 Å². The second-order valence-corrected chi connectivity index (χ2v) is 7.76. The Labute approximate surface area is 182 Å². The first-order valence-electron chi connectivity index (χ1n) is 10.3. The van der Waals surface area contributed by atoms with Gasteiger partial charge < -0.3 is 10.6 Å². The lowest BCUT2D eigenvalue weighted by atomic mass is 9.94. The number of para-hydroxylation sites is 1. The van der Waals surface area contributed by atoms with Crippen LogP contribution in [0.3, 0.4) is 0 Å². The maximum absolute atomic E-state index is 12.9. The maximum atomic E-state index is 12.9. The number of urea groups is 1. The Kier molecular flexibility index (Phi) is 6.06. The number of rotatable bonds is 4. The van der Waals surface area contributed by atoms with Crippen molar-refractivity contribution in [3.05, 3.63) is 77.5 Å². The van der Waals surface area contributed by atoms with Crippen LogP contribution in [0.25, 0.3) is 5.69 Å². The summed E-state index contributed by atoms with van der Waals surface area (Å²) in [6, 6.07) is 20.2. The van der Waals surface area contributed by atoms with E-state index in [4.69, 9.17) is 5.10 Å². The molecule has 2 aliphatic rings. The topological polar surface area (TPSA) is 71.0 Å². The van der Waals surface area contributed by atoms with E-state index in [1.165, 1.54) is 5.56 Å². The number of hydrogen-bond acceptors (Lipinski definition) is 3. The molecule has 0 spiro atoms. The number of benzene rings is 2. The summed E-state index contributed by atoms with van der Waals surface area (Å²) in [5, 5.41) is 14.5. The van der Waals surface area contributed by atoms with Crippen molar-refractivity contribution in [3.63, 3.8) is 0 Å². The standard InChI is InChI=1S/C23H25N5O.ClH/c29-23(25-21-15-24-14-19(21)16-8-3-1-4-9-16)26-22-18-12-7-13-20(18)27-28(22)17-10-5-2-6-11-17;/h1-6,8-11,19,21,24H,7,12-15H2,(H2,25,26,29);1H/t19-,21+;/m0./s1. The molecule has 3 N–H and O–H groups in total. The highest BCUT2D eigenvalue weighted by Crippen LogP contribution is 2.31. The Balaban J connectivity index is 0.00000218. The van der Waals surface area contributed by atoms with E-state index in [1.807, 2.05) is 53.2 Å². The molecule has 2 amide bonds. The van der Waals surface area contributed by atoms with Crippen LogP contribution in [0.1, 0.15) is 29.2 Å². The number of nitrogens with one attached hydrogen (secondary N) is 3. The van der Waals surface area contributed by atoms with E-state index in [0.717, 1.165) is 55.1 Å². The fourth-order valence-corrected chi connectivity index (χ4v) is 4.47. The highest BCUT2D eigenvalue weighted by atomic mass is 35.5. The molecule has 5 rings (SSSR count). The van der Waals surface area contributed by atoms with Gasteiger partial charge in [-0.05, 0) is 37.0 Å². The van der Waals surface area contributed by atoms with E-state index < -0.39 is 0 Å². The van der Waals surface area contributed by atoms with Crippen LogP contribution < -0.4 is 16.0 Å². The van der Waals surface area contributed by atoms with Crippen LogP contribution in [-0.2, 0) is 12.8 Å². The van der Waals surface area contributed by atoms with Gasteiger partial charge in [0, 0.05) is 24.6 Å². The van der Waals surface area contributed by atoms with E-state index in [2.05, 4.69) is 28.1 Å². The first-order chi connectivity index (χ1) is 14.3. The fraction of sp³-hybridized carbons (Fsp3) is 0.304. The number of aryl methyl sites for hydroxylation is 1. The Morgan fingerprint density at radius 1 is 1.00 bits per heavy atom. The quantitative estimate of drug-likeness (QED) is 0.599. The van der Waals surface area contributed by atoms with Crippen LogP contribution >= 0.6 is 12.4 Å². The van der Waals surface area contributed by atoms with Crippen LogP contribution in [0, 0.1) is 0 Å². The smallest absolute Gasteiger partial charge is 0.320 e. The predicted octanol–water partition coefficient (Wildman–Crippen LogP) is 3.66. The summed E-state index contributed by atoms with van der Waals surface area (Å²) in [6.07, 6.45) is 3.01. The van der Waals surface area contributed by atoms with Crippen LogP contribution in [0.4, 0.5) is 10.6 Å². The van der Waals surface area contributed by atoms with Gasteiger partial charge in [0.1, 0.15) is 5.82 Å². The number of carbonyl (C=O) groups is 1. The minimum absolute atomic E-state index is 0. The van der Waals surface area contributed by atoms with E-state index in [-0.39, 0.29) is 30.4 Å². The average Bonchev–Trinajstić information content (AvgIpc) is 3.47. The normalized spacial score (nSPS) is 19.7. The number of hydrogen-bond donors (Lipinski definition) is 3. The summed E-state index contributed by atoms with van der Waals surface area (Å²) in [5.41, 5.74) is 4.46. The second kappa shape index (κ2) is 8.90. The van der Waals surface area contributed by atoms with E-state index >= 15 is 0 Å². The molecule has 3 aromatic rings. The summed E-state index contributed by atoms with van der Waals surface area (Å²) in [4.78, 5) is 12.9. The zero-order chi connectivity index (χ0) is 19.6. The number of anilines is 1. The van der Waals surface area contributed by atoms with Gasteiger partial charge in [0.25, 0.3) is 0 Å². The number of nitrogens with zero attached hydrogens (tertiary/aromatic N) is 2. The molecule has 0 bridgehead atoms. The monoisotopic (exact) mass is 423 g/mol. The number of carbonyl (C=O) groups excluding carboxylic acids is 1. The van der Waals surface area contributed by atoms with E-state index in [0.29, 0.717) is 0 Å². The summed E-state index contributed by atoms with van der Waals surface area (Å²) < 4.78 is 1.87. The molecule has 156 valence electrons. The van der Waals surface area contributed by atoms with Crippen molar-refractivity contribution >= 4 is 24.3 Å². The molecule has 1 saturated heterocycles. The zero-order valence-electron chi connectivity index (χ0n) is 16.7. The first kappa shape index (κ1) is 20.4. The second-order valence-electron chi connectivity index (χ2n) is 7.76.